The van der Waals surface area contributed by atoms with Crippen molar-refractivity contribution in [2.75, 3.05) is 12.5 Å². The van der Waals surface area contributed by atoms with Crippen LogP contribution in [0.4, 0.5) is 0 Å². The van der Waals surface area contributed by atoms with Gasteiger partial charge in [-0.3, -0.25) is 0 Å². The van der Waals surface area contributed by atoms with Crippen molar-refractivity contribution in [1.82, 2.24) is 0 Å². The van der Waals surface area contributed by atoms with E-state index in [1.54, 1.807) is 35.7 Å². The lowest BCUT2D eigenvalue weighted by Gasteiger charge is -2.10. The summed E-state index contributed by atoms with van der Waals surface area (Å²) in [5, 5.41) is 19.9. The van der Waals surface area contributed by atoms with E-state index >= 15 is 0 Å². The second-order valence-electron chi connectivity index (χ2n) is 3.77. The zero-order valence-electron chi connectivity index (χ0n) is 10.2. The fourth-order valence-corrected chi connectivity index (χ4v) is 2.60. The highest BCUT2D eigenvalue weighted by molar-refractivity contribution is 7.98. The van der Waals surface area contributed by atoms with Crippen LogP contribution in [0.3, 0.4) is 0 Å². The van der Waals surface area contributed by atoms with Crippen LogP contribution in [-0.4, -0.2) is 22.7 Å². The average molecular weight is 278 g/mol. The van der Waals surface area contributed by atoms with Crippen LogP contribution in [0.2, 0.25) is 0 Å². The molecule has 0 heterocycles. The smallest absolute Gasteiger partial charge is 0.123 e. The van der Waals surface area contributed by atoms with Crippen molar-refractivity contribution >= 4 is 23.5 Å². The standard InChI is InChI=1S/C14H14O2S2/c1-17-9-3-5-13(15)11(7-9)12-8-10(18-2)4-6-14(12)16/h3-8,15-16H,1-2H3. The Morgan fingerprint density at radius 3 is 1.44 bits per heavy atom. The van der Waals surface area contributed by atoms with E-state index in [-0.39, 0.29) is 11.5 Å². The third kappa shape index (κ3) is 2.60. The summed E-state index contributed by atoms with van der Waals surface area (Å²) in [4.78, 5) is 2.11. The fraction of sp³-hybridized carbons (Fsp3) is 0.143. The van der Waals surface area contributed by atoms with Crippen molar-refractivity contribution < 1.29 is 10.2 Å². The molecule has 0 aliphatic heterocycles. The minimum absolute atomic E-state index is 0.182. The molecule has 94 valence electrons. The highest BCUT2D eigenvalue weighted by Gasteiger charge is 2.10. The molecule has 2 nitrogen and oxygen atoms in total. The number of thioether (sulfide) groups is 2. The Morgan fingerprint density at radius 2 is 1.11 bits per heavy atom. The van der Waals surface area contributed by atoms with E-state index in [4.69, 9.17) is 0 Å². The predicted octanol–water partition coefficient (Wildman–Crippen LogP) is 4.21. The second kappa shape index (κ2) is 5.59. The van der Waals surface area contributed by atoms with E-state index in [0.29, 0.717) is 11.1 Å². The van der Waals surface area contributed by atoms with Gasteiger partial charge in [0.2, 0.25) is 0 Å². The van der Waals surface area contributed by atoms with Gasteiger partial charge in [0, 0.05) is 20.9 Å². The van der Waals surface area contributed by atoms with Gasteiger partial charge in [0.05, 0.1) is 0 Å². The normalized spacial score (nSPS) is 10.6. The van der Waals surface area contributed by atoms with E-state index in [9.17, 15) is 10.2 Å². The summed E-state index contributed by atoms with van der Waals surface area (Å²) in [5.74, 6) is 0.364. The van der Waals surface area contributed by atoms with Gasteiger partial charge in [-0.05, 0) is 48.9 Å². The Morgan fingerprint density at radius 1 is 0.722 bits per heavy atom. The predicted molar refractivity (Wildman–Crippen MR) is 78.8 cm³/mol. The van der Waals surface area contributed by atoms with Crippen molar-refractivity contribution in [2.24, 2.45) is 0 Å². The van der Waals surface area contributed by atoms with Crippen LogP contribution < -0.4 is 0 Å². The molecule has 0 spiro atoms. The first kappa shape index (κ1) is 13.2. The van der Waals surface area contributed by atoms with E-state index < -0.39 is 0 Å². The van der Waals surface area contributed by atoms with Gasteiger partial charge in [0.1, 0.15) is 11.5 Å². The Labute approximate surface area is 115 Å². The quantitative estimate of drug-likeness (QED) is 0.825. The van der Waals surface area contributed by atoms with Crippen molar-refractivity contribution in [3.8, 4) is 22.6 Å². The van der Waals surface area contributed by atoms with Crippen LogP contribution in [0.15, 0.2) is 46.2 Å². The summed E-state index contributed by atoms with van der Waals surface area (Å²) in [6.45, 7) is 0. The third-order valence-electron chi connectivity index (χ3n) is 2.70. The minimum Gasteiger partial charge on any atom is -0.507 e. The summed E-state index contributed by atoms with van der Waals surface area (Å²) in [6, 6.07) is 10.8. The van der Waals surface area contributed by atoms with Crippen LogP contribution in [-0.2, 0) is 0 Å². The van der Waals surface area contributed by atoms with Crippen LogP contribution in [0, 0.1) is 0 Å². The molecule has 2 aromatic carbocycles. The molecule has 0 fully saturated rings. The molecule has 0 atom stereocenters. The first-order valence-electron chi connectivity index (χ1n) is 5.40. The zero-order chi connectivity index (χ0) is 13.1. The molecule has 0 aliphatic rings. The van der Waals surface area contributed by atoms with Gasteiger partial charge >= 0.3 is 0 Å². The average Bonchev–Trinajstić information content (AvgIpc) is 2.40. The first-order chi connectivity index (χ1) is 8.65. The van der Waals surface area contributed by atoms with Crippen molar-refractivity contribution in [2.45, 2.75) is 9.79 Å². The maximum absolute atomic E-state index is 9.94. The number of phenolic OH excluding ortho intramolecular Hbond substituents is 2. The summed E-state index contributed by atoms with van der Waals surface area (Å²) in [5.41, 5.74) is 1.32. The van der Waals surface area contributed by atoms with Crippen molar-refractivity contribution in [3.05, 3.63) is 36.4 Å². The Bertz CT molecular complexity index is 516. The number of aromatic hydroxyl groups is 2. The number of benzene rings is 2. The van der Waals surface area contributed by atoms with Gasteiger partial charge in [0.25, 0.3) is 0 Å². The zero-order valence-corrected chi connectivity index (χ0v) is 11.8. The summed E-state index contributed by atoms with van der Waals surface area (Å²) >= 11 is 3.21. The Hall–Kier alpha value is -1.26. The topological polar surface area (TPSA) is 40.5 Å². The highest BCUT2D eigenvalue weighted by Crippen LogP contribution is 2.39. The molecule has 0 radical (unpaired) electrons. The van der Waals surface area contributed by atoms with Gasteiger partial charge in [-0.15, -0.1) is 23.5 Å². The van der Waals surface area contributed by atoms with E-state index in [0.717, 1.165) is 9.79 Å². The van der Waals surface area contributed by atoms with E-state index in [1.165, 1.54) is 0 Å². The Balaban J connectivity index is 2.60. The lowest BCUT2D eigenvalue weighted by atomic mass is 10.0. The lowest BCUT2D eigenvalue weighted by molar-refractivity contribution is 0.468. The molecular formula is C14H14O2S2. The van der Waals surface area contributed by atoms with Gasteiger partial charge < -0.3 is 10.2 Å². The van der Waals surface area contributed by atoms with Crippen LogP contribution >= 0.6 is 23.5 Å². The maximum atomic E-state index is 9.94. The highest BCUT2D eigenvalue weighted by atomic mass is 32.2. The number of rotatable bonds is 3. The van der Waals surface area contributed by atoms with Gasteiger partial charge in [-0.25, -0.2) is 0 Å². The minimum atomic E-state index is 0.182. The van der Waals surface area contributed by atoms with Crippen molar-refractivity contribution in [1.29, 1.82) is 0 Å². The lowest BCUT2D eigenvalue weighted by Crippen LogP contribution is -1.83. The SMILES string of the molecule is CSc1ccc(O)c(-c2cc(SC)ccc2O)c1. The largest absolute Gasteiger partial charge is 0.507 e. The van der Waals surface area contributed by atoms with Crippen LogP contribution in [0.1, 0.15) is 0 Å². The van der Waals surface area contributed by atoms with Gasteiger partial charge in [-0.1, -0.05) is 0 Å². The molecule has 0 saturated heterocycles. The molecule has 0 aromatic heterocycles. The molecule has 2 aromatic rings. The van der Waals surface area contributed by atoms with E-state index in [1.807, 2.05) is 36.8 Å². The number of hydrogen-bond acceptors (Lipinski definition) is 4. The Kier molecular flexibility index (Phi) is 4.09. The molecule has 0 bridgehead atoms. The molecule has 0 saturated carbocycles. The molecule has 0 aliphatic carbocycles. The third-order valence-corrected chi connectivity index (χ3v) is 4.15. The fourth-order valence-electron chi connectivity index (χ4n) is 1.72. The van der Waals surface area contributed by atoms with E-state index in [2.05, 4.69) is 0 Å². The van der Waals surface area contributed by atoms with Crippen LogP contribution in [0.5, 0.6) is 11.5 Å². The molecule has 0 amide bonds. The molecule has 2 rings (SSSR count). The molecule has 18 heavy (non-hydrogen) atoms. The monoisotopic (exact) mass is 278 g/mol. The second-order valence-corrected chi connectivity index (χ2v) is 5.53. The summed E-state index contributed by atoms with van der Waals surface area (Å²) < 4.78 is 0. The number of phenols is 2. The van der Waals surface area contributed by atoms with Gasteiger partial charge in [0.15, 0.2) is 0 Å². The molecular weight excluding hydrogens is 264 g/mol. The number of hydrogen-bond donors (Lipinski definition) is 2. The molecule has 2 N–H and O–H groups in total. The first-order valence-corrected chi connectivity index (χ1v) is 7.85. The molecule has 4 heteroatoms. The summed E-state index contributed by atoms with van der Waals surface area (Å²) in [6.07, 6.45) is 3.96. The van der Waals surface area contributed by atoms with Crippen molar-refractivity contribution in [3.63, 3.8) is 0 Å². The summed E-state index contributed by atoms with van der Waals surface area (Å²) in [7, 11) is 0. The maximum Gasteiger partial charge on any atom is 0.123 e. The molecule has 0 unspecified atom stereocenters. The van der Waals surface area contributed by atoms with Crippen LogP contribution in [0.25, 0.3) is 11.1 Å². The van der Waals surface area contributed by atoms with Gasteiger partial charge in [-0.2, -0.15) is 0 Å².